The molecule has 4 nitrogen and oxygen atoms in total. The van der Waals surface area contributed by atoms with Crippen molar-refractivity contribution in [3.8, 4) is 0 Å². The van der Waals surface area contributed by atoms with Crippen LogP contribution in [0.3, 0.4) is 0 Å². The van der Waals surface area contributed by atoms with E-state index in [4.69, 9.17) is 10.5 Å². The lowest BCUT2D eigenvalue weighted by Crippen LogP contribution is -2.52. The lowest BCUT2D eigenvalue weighted by atomic mass is 9.99. The van der Waals surface area contributed by atoms with E-state index in [0.29, 0.717) is 19.7 Å². The molecular weight excluding hydrogens is 272 g/mol. The fraction of sp³-hybridized carbons (Fsp3) is 0.533. The van der Waals surface area contributed by atoms with Gasteiger partial charge in [-0.2, -0.15) is 0 Å². The number of ether oxygens (including phenoxy) is 1. The van der Waals surface area contributed by atoms with Crippen molar-refractivity contribution in [2.45, 2.75) is 29.9 Å². The number of hydrogen-bond acceptors (Lipinski definition) is 4. The van der Waals surface area contributed by atoms with Crippen LogP contribution in [0.4, 0.5) is 0 Å². The quantitative estimate of drug-likeness (QED) is 0.896. The molecule has 1 aromatic rings. The number of morpholine rings is 1. The van der Waals surface area contributed by atoms with Gasteiger partial charge in [-0.15, -0.1) is 11.8 Å². The van der Waals surface area contributed by atoms with Crippen molar-refractivity contribution in [3.05, 3.63) is 29.8 Å². The number of fused-ring (bicyclic) bond motifs is 1. The summed E-state index contributed by atoms with van der Waals surface area (Å²) < 4.78 is 5.63. The van der Waals surface area contributed by atoms with E-state index in [1.807, 2.05) is 24.0 Å². The van der Waals surface area contributed by atoms with Crippen LogP contribution >= 0.6 is 11.8 Å². The second-order valence-electron chi connectivity index (χ2n) is 5.45. The average molecular weight is 292 g/mol. The lowest BCUT2D eigenvalue weighted by molar-refractivity contribution is -0.140. The smallest absolute Gasteiger partial charge is 0.231 e. The van der Waals surface area contributed by atoms with Crippen LogP contribution in [0.1, 0.15) is 18.4 Å². The molecule has 5 heteroatoms. The van der Waals surface area contributed by atoms with E-state index in [1.165, 1.54) is 10.5 Å². The highest BCUT2D eigenvalue weighted by Crippen LogP contribution is 2.40. The largest absolute Gasteiger partial charge is 0.373 e. The number of nitrogens with two attached hydrogens (primary N) is 1. The second kappa shape index (κ2) is 5.76. The monoisotopic (exact) mass is 292 g/mol. The summed E-state index contributed by atoms with van der Waals surface area (Å²) in [5.74, 6) is 1.05. The van der Waals surface area contributed by atoms with Crippen molar-refractivity contribution in [1.82, 2.24) is 4.90 Å². The first-order valence-electron chi connectivity index (χ1n) is 7.04. The van der Waals surface area contributed by atoms with Crippen molar-refractivity contribution in [3.63, 3.8) is 0 Å². The van der Waals surface area contributed by atoms with E-state index in [0.717, 1.165) is 5.75 Å². The predicted octanol–water partition coefficient (Wildman–Crippen LogP) is 1.45. The third-order valence-corrected chi connectivity index (χ3v) is 5.17. The molecule has 0 aliphatic carbocycles. The Morgan fingerprint density at radius 3 is 3.10 bits per heavy atom. The van der Waals surface area contributed by atoms with Gasteiger partial charge in [-0.1, -0.05) is 18.2 Å². The Kier molecular flexibility index (Phi) is 4.01. The molecule has 1 aromatic carbocycles. The van der Waals surface area contributed by atoms with Crippen molar-refractivity contribution in [2.24, 2.45) is 5.73 Å². The fourth-order valence-electron chi connectivity index (χ4n) is 2.78. The highest BCUT2D eigenvalue weighted by Gasteiger charge is 2.35. The summed E-state index contributed by atoms with van der Waals surface area (Å²) in [5.41, 5.74) is 7.06. The molecule has 2 aliphatic heterocycles. The third-order valence-electron chi connectivity index (χ3n) is 3.99. The number of carbonyl (C=O) groups is 1. The number of carbonyl (C=O) groups excluding carboxylic acids is 1. The molecule has 3 atom stereocenters. The minimum absolute atomic E-state index is 0.0111. The molecule has 0 spiro atoms. The van der Waals surface area contributed by atoms with Gasteiger partial charge in [-0.25, -0.2) is 0 Å². The molecule has 3 unspecified atom stereocenters. The Morgan fingerprint density at radius 2 is 2.30 bits per heavy atom. The Bertz CT molecular complexity index is 506. The van der Waals surface area contributed by atoms with Crippen molar-refractivity contribution < 1.29 is 9.53 Å². The SMILES string of the molecule is CC(N)C1CN(C(=O)C2CSc3ccccc32)CCO1. The van der Waals surface area contributed by atoms with E-state index >= 15 is 0 Å². The van der Waals surface area contributed by atoms with Crippen LogP contribution in [0.2, 0.25) is 0 Å². The number of amides is 1. The zero-order valence-electron chi connectivity index (χ0n) is 11.6. The molecule has 0 bridgehead atoms. The van der Waals surface area contributed by atoms with Crippen molar-refractivity contribution in [1.29, 1.82) is 0 Å². The molecule has 2 N–H and O–H groups in total. The fourth-order valence-corrected chi connectivity index (χ4v) is 4.00. The number of benzene rings is 1. The molecule has 0 saturated carbocycles. The van der Waals surface area contributed by atoms with Gasteiger partial charge < -0.3 is 15.4 Å². The summed E-state index contributed by atoms with van der Waals surface area (Å²) in [5, 5.41) is 0. The first-order chi connectivity index (χ1) is 9.66. The zero-order chi connectivity index (χ0) is 14.1. The van der Waals surface area contributed by atoms with Gasteiger partial charge in [0, 0.05) is 29.8 Å². The Hall–Kier alpha value is -1.04. The van der Waals surface area contributed by atoms with Gasteiger partial charge in [0.1, 0.15) is 0 Å². The number of rotatable bonds is 2. The van der Waals surface area contributed by atoms with E-state index in [2.05, 4.69) is 12.1 Å². The summed E-state index contributed by atoms with van der Waals surface area (Å²) in [6, 6.07) is 8.16. The van der Waals surface area contributed by atoms with Gasteiger partial charge in [-0.3, -0.25) is 4.79 Å². The highest BCUT2D eigenvalue weighted by molar-refractivity contribution is 7.99. The van der Waals surface area contributed by atoms with Gasteiger partial charge >= 0.3 is 0 Å². The summed E-state index contributed by atoms with van der Waals surface area (Å²) in [4.78, 5) is 15.9. The van der Waals surface area contributed by atoms with E-state index < -0.39 is 0 Å². The standard InChI is InChI=1S/C15H20N2O2S/c1-10(16)13-8-17(6-7-19-13)15(18)12-9-20-14-5-3-2-4-11(12)14/h2-5,10,12-13H,6-9,16H2,1H3. The van der Waals surface area contributed by atoms with Crippen molar-refractivity contribution in [2.75, 3.05) is 25.4 Å². The van der Waals surface area contributed by atoms with Crippen LogP contribution in [0.25, 0.3) is 0 Å². The molecule has 0 aromatic heterocycles. The van der Waals surface area contributed by atoms with Gasteiger partial charge in [0.05, 0.1) is 18.6 Å². The maximum atomic E-state index is 12.7. The van der Waals surface area contributed by atoms with Crippen LogP contribution < -0.4 is 5.73 Å². The summed E-state index contributed by atoms with van der Waals surface area (Å²) >= 11 is 1.77. The molecule has 2 heterocycles. The van der Waals surface area contributed by atoms with Gasteiger partial charge in [0.25, 0.3) is 0 Å². The molecule has 1 fully saturated rings. The Balaban J connectivity index is 1.74. The van der Waals surface area contributed by atoms with Crippen LogP contribution in [0.5, 0.6) is 0 Å². The van der Waals surface area contributed by atoms with E-state index in [1.54, 1.807) is 11.8 Å². The maximum Gasteiger partial charge on any atom is 0.231 e. The maximum absolute atomic E-state index is 12.7. The highest BCUT2D eigenvalue weighted by atomic mass is 32.2. The van der Waals surface area contributed by atoms with Crippen LogP contribution in [-0.2, 0) is 9.53 Å². The van der Waals surface area contributed by atoms with Crippen molar-refractivity contribution >= 4 is 17.7 Å². The average Bonchev–Trinajstić information content (AvgIpc) is 2.90. The molecular formula is C15H20N2O2S. The number of nitrogens with zero attached hydrogens (tertiary/aromatic N) is 1. The summed E-state index contributed by atoms with van der Waals surface area (Å²) in [6.07, 6.45) is -0.0444. The van der Waals surface area contributed by atoms with Gasteiger partial charge in [0.2, 0.25) is 5.91 Å². The van der Waals surface area contributed by atoms with Crippen LogP contribution in [-0.4, -0.2) is 48.4 Å². The number of hydrogen-bond donors (Lipinski definition) is 1. The zero-order valence-corrected chi connectivity index (χ0v) is 12.4. The first-order valence-corrected chi connectivity index (χ1v) is 8.03. The molecule has 1 saturated heterocycles. The minimum atomic E-state index is -0.0455. The molecule has 3 rings (SSSR count). The minimum Gasteiger partial charge on any atom is -0.373 e. The molecule has 1 amide bonds. The number of thioether (sulfide) groups is 1. The molecule has 2 aliphatic rings. The Labute approximate surface area is 123 Å². The van der Waals surface area contributed by atoms with Crippen LogP contribution in [0.15, 0.2) is 29.2 Å². The normalized spacial score (nSPS) is 27.2. The summed E-state index contributed by atoms with van der Waals surface area (Å²) in [6.45, 7) is 3.80. The Morgan fingerprint density at radius 1 is 1.50 bits per heavy atom. The van der Waals surface area contributed by atoms with Gasteiger partial charge in [-0.05, 0) is 18.6 Å². The predicted molar refractivity (Wildman–Crippen MR) is 79.9 cm³/mol. The first kappa shape index (κ1) is 13.9. The molecule has 108 valence electrons. The molecule has 20 heavy (non-hydrogen) atoms. The van der Waals surface area contributed by atoms with E-state index in [9.17, 15) is 4.79 Å². The molecule has 0 radical (unpaired) electrons. The van der Waals surface area contributed by atoms with Crippen LogP contribution in [0, 0.1) is 0 Å². The third kappa shape index (κ3) is 2.57. The second-order valence-corrected chi connectivity index (χ2v) is 6.52. The summed E-state index contributed by atoms with van der Waals surface area (Å²) in [7, 11) is 0. The van der Waals surface area contributed by atoms with Gasteiger partial charge in [0.15, 0.2) is 0 Å². The lowest BCUT2D eigenvalue weighted by Gasteiger charge is -2.36. The topological polar surface area (TPSA) is 55.6 Å². The van der Waals surface area contributed by atoms with E-state index in [-0.39, 0.29) is 24.0 Å².